The molecule has 1 N–H and O–H groups in total. The van der Waals surface area contributed by atoms with Crippen molar-refractivity contribution in [2.75, 3.05) is 0 Å². The smallest absolute Gasteiger partial charge is 0.0656 e. The van der Waals surface area contributed by atoms with Crippen LogP contribution >= 0.6 is 11.3 Å². The molecule has 39 heavy (non-hydrogen) atoms. The summed E-state index contributed by atoms with van der Waals surface area (Å²) in [7, 11) is 0. The molecule has 0 spiro atoms. The molecule has 0 aliphatic heterocycles. The third-order valence-electron chi connectivity index (χ3n) is 5.51. The van der Waals surface area contributed by atoms with Crippen LogP contribution in [-0.4, -0.2) is 0 Å². The van der Waals surface area contributed by atoms with Crippen LogP contribution in [0.15, 0.2) is 84.9 Å². The molecule has 2 rings (SSSR count). The molecular formula is C37H67NS. The SMILES string of the molecule is C/C=C\C.C=CCC(CCC)(NC(=C)C)c1ccccc1.CC.CC.CCCC(C)CCC.Cc1cccs1. The molecule has 0 radical (unpaired) electrons. The van der Waals surface area contributed by atoms with Crippen molar-refractivity contribution in [2.45, 2.75) is 134 Å². The second-order valence-electron chi connectivity index (χ2n) is 9.17. The fraction of sp³-hybridized carbons (Fsp3) is 0.568. The normalized spacial score (nSPS) is 10.8. The Morgan fingerprint density at radius 2 is 1.41 bits per heavy atom. The van der Waals surface area contributed by atoms with Crippen LogP contribution in [0.5, 0.6) is 0 Å². The molecule has 0 aliphatic carbocycles. The van der Waals surface area contributed by atoms with E-state index in [0.717, 1.165) is 30.9 Å². The van der Waals surface area contributed by atoms with Gasteiger partial charge >= 0.3 is 0 Å². The van der Waals surface area contributed by atoms with Gasteiger partial charge in [-0.25, -0.2) is 0 Å². The minimum absolute atomic E-state index is 0.0520. The molecule has 226 valence electrons. The minimum Gasteiger partial charge on any atom is -0.379 e. The third kappa shape index (κ3) is 27.3. The Kier molecular flexibility index (Phi) is 38.3. The number of benzene rings is 1. The van der Waals surface area contributed by atoms with Crippen LogP contribution in [0.25, 0.3) is 0 Å². The standard InChI is InChI=1S/C16H23N.C8H18.C5H6S.C4H8.2C2H6/c1-5-12-16(13-6-2,17-14(3)4)15-10-8-7-9-11-15;1-4-6-8(3)7-5-2;1-5-3-2-4-6-5;1-3-4-2;2*1-2/h5,7-11,17H,1,3,6,12-13H2,2,4H3;8H,4-7H2,1-3H3;2-4H,1H3;3-4H,1-2H3;2*1-2H3/b;;;4-3-;;. The Hall–Kier alpha value is -2.06. The lowest BCUT2D eigenvalue weighted by Gasteiger charge is -2.36. The lowest BCUT2D eigenvalue weighted by atomic mass is 9.82. The van der Waals surface area contributed by atoms with E-state index < -0.39 is 0 Å². The number of aryl methyl sites for hydroxylation is 1. The summed E-state index contributed by atoms with van der Waals surface area (Å²) < 4.78 is 0. The lowest BCUT2D eigenvalue weighted by Crippen LogP contribution is -2.40. The van der Waals surface area contributed by atoms with Crippen LogP contribution in [0, 0.1) is 12.8 Å². The maximum Gasteiger partial charge on any atom is 0.0656 e. The molecule has 2 aromatic rings. The molecule has 1 atom stereocenters. The zero-order valence-corrected chi connectivity index (χ0v) is 29.0. The van der Waals surface area contributed by atoms with E-state index in [4.69, 9.17) is 0 Å². The molecule has 0 saturated carbocycles. The van der Waals surface area contributed by atoms with E-state index in [2.05, 4.69) is 101 Å². The molecule has 1 aromatic heterocycles. The zero-order valence-electron chi connectivity index (χ0n) is 28.2. The van der Waals surface area contributed by atoms with Gasteiger partial charge in [-0.2, -0.15) is 0 Å². The largest absolute Gasteiger partial charge is 0.379 e. The van der Waals surface area contributed by atoms with Crippen molar-refractivity contribution in [1.82, 2.24) is 5.32 Å². The number of allylic oxidation sites excluding steroid dienone is 3. The summed E-state index contributed by atoms with van der Waals surface area (Å²) in [5.41, 5.74) is 2.26. The molecule has 0 amide bonds. The van der Waals surface area contributed by atoms with Gasteiger partial charge in [0.05, 0.1) is 5.54 Å². The zero-order chi connectivity index (χ0) is 31.0. The maximum atomic E-state index is 3.98. The highest BCUT2D eigenvalue weighted by atomic mass is 32.1. The number of nitrogens with one attached hydrogen (secondary N) is 1. The van der Waals surface area contributed by atoms with E-state index in [1.54, 1.807) is 11.3 Å². The highest BCUT2D eigenvalue weighted by molar-refractivity contribution is 7.09. The molecule has 1 heterocycles. The Morgan fingerprint density at radius 1 is 0.897 bits per heavy atom. The van der Waals surface area contributed by atoms with E-state index >= 15 is 0 Å². The van der Waals surface area contributed by atoms with Crippen molar-refractivity contribution in [2.24, 2.45) is 5.92 Å². The van der Waals surface area contributed by atoms with Crippen molar-refractivity contribution in [3.05, 3.63) is 95.4 Å². The quantitative estimate of drug-likeness (QED) is 0.271. The van der Waals surface area contributed by atoms with Gasteiger partial charge in [-0.05, 0) is 63.5 Å². The summed E-state index contributed by atoms with van der Waals surface area (Å²) in [4.78, 5) is 1.38. The summed E-state index contributed by atoms with van der Waals surface area (Å²) in [6.07, 6.45) is 14.6. The summed E-state index contributed by atoms with van der Waals surface area (Å²) in [5.74, 6) is 0.963. The first-order valence-corrected chi connectivity index (χ1v) is 16.3. The molecule has 0 bridgehead atoms. The van der Waals surface area contributed by atoms with Crippen LogP contribution in [0.2, 0.25) is 0 Å². The summed E-state index contributed by atoms with van der Waals surface area (Å²) in [6, 6.07) is 14.7. The average molecular weight is 558 g/mol. The summed E-state index contributed by atoms with van der Waals surface area (Å²) in [5, 5.41) is 5.62. The van der Waals surface area contributed by atoms with Crippen LogP contribution < -0.4 is 5.32 Å². The van der Waals surface area contributed by atoms with Gasteiger partial charge in [0, 0.05) is 10.6 Å². The van der Waals surface area contributed by atoms with Crippen LogP contribution in [0.4, 0.5) is 0 Å². The molecule has 1 aromatic carbocycles. The molecule has 0 fully saturated rings. The van der Waals surface area contributed by atoms with E-state index in [0.29, 0.717) is 0 Å². The first-order valence-electron chi connectivity index (χ1n) is 15.4. The van der Waals surface area contributed by atoms with E-state index in [1.807, 2.05) is 66.7 Å². The molecular weight excluding hydrogens is 490 g/mol. The van der Waals surface area contributed by atoms with E-state index in [1.165, 1.54) is 36.1 Å². The van der Waals surface area contributed by atoms with Gasteiger partial charge in [-0.15, -0.1) is 17.9 Å². The van der Waals surface area contributed by atoms with Crippen molar-refractivity contribution >= 4 is 11.3 Å². The van der Waals surface area contributed by atoms with Gasteiger partial charge in [0.25, 0.3) is 0 Å². The predicted molar refractivity (Wildman–Crippen MR) is 187 cm³/mol. The second-order valence-corrected chi connectivity index (χ2v) is 10.3. The van der Waals surface area contributed by atoms with Gasteiger partial charge in [-0.1, -0.05) is 149 Å². The van der Waals surface area contributed by atoms with E-state index in [-0.39, 0.29) is 5.54 Å². The van der Waals surface area contributed by atoms with Crippen LogP contribution in [-0.2, 0) is 5.54 Å². The van der Waals surface area contributed by atoms with Gasteiger partial charge in [-0.3, -0.25) is 0 Å². The van der Waals surface area contributed by atoms with Crippen molar-refractivity contribution in [1.29, 1.82) is 0 Å². The van der Waals surface area contributed by atoms with Gasteiger partial charge in [0.2, 0.25) is 0 Å². The molecule has 0 saturated heterocycles. The highest BCUT2D eigenvalue weighted by Crippen LogP contribution is 2.31. The molecule has 2 heteroatoms. The molecule has 1 nitrogen and oxygen atoms in total. The van der Waals surface area contributed by atoms with Gasteiger partial charge in [0.1, 0.15) is 0 Å². The van der Waals surface area contributed by atoms with Gasteiger partial charge < -0.3 is 5.32 Å². The Bertz CT molecular complexity index is 735. The summed E-state index contributed by atoms with van der Waals surface area (Å²) in [6.45, 7) is 33.0. The van der Waals surface area contributed by atoms with Crippen LogP contribution in [0.3, 0.4) is 0 Å². The fourth-order valence-electron chi connectivity index (χ4n) is 3.88. The number of hydrogen-bond acceptors (Lipinski definition) is 2. The Labute approximate surface area is 250 Å². The molecule has 1 unspecified atom stereocenters. The summed E-state index contributed by atoms with van der Waals surface area (Å²) >= 11 is 1.78. The predicted octanol–water partition coefficient (Wildman–Crippen LogP) is 13.3. The monoisotopic (exact) mass is 557 g/mol. The first kappa shape index (κ1) is 44.0. The third-order valence-corrected chi connectivity index (χ3v) is 6.31. The number of rotatable bonds is 11. The van der Waals surface area contributed by atoms with Crippen LogP contribution in [0.1, 0.15) is 132 Å². The maximum absolute atomic E-state index is 3.98. The van der Waals surface area contributed by atoms with Crippen molar-refractivity contribution in [3.63, 3.8) is 0 Å². The fourth-order valence-corrected chi connectivity index (χ4v) is 4.41. The Morgan fingerprint density at radius 3 is 1.69 bits per heavy atom. The first-order chi connectivity index (χ1) is 18.8. The molecule has 0 aliphatic rings. The lowest BCUT2D eigenvalue weighted by molar-refractivity contribution is 0.337. The van der Waals surface area contributed by atoms with Crippen molar-refractivity contribution in [3.8, 4) is 0 Å². The van der Waals surface area contributed by atoms with Crippen molar-refractivity contribution < 1.29 is 0 Å². The highest BCUT2D eigenvalue weighted by Gasteiger charge is 2.29. The Balaban J connectivity index is -0.000000231. The average Bonchev–Trinajstić information content (AvgIpc) is 3.43. The second kappa shape index (κ2) is 34.0. The minimum atomic E-state index is -0.0520. The topological polar surface area (TPSA) is 12.0 Å². The number of thiophene rings is 1. The van der Waals surface area contributed by atoms with E-state index in [9.17, 15) is 0 Å². The van der Waals surface area contributed by atoms with Gasteiger partial charge in [0.15, 0.2) is 0 Å². The number of hydrogen-bond donors (Lipinski definition) is 1.